The highest BCUT2D eigenvalue weighted by Gasteiger charge is 2.20. The van der Waals surface area contributed by atoms with E-state index < -0.39 is 0 Å². The molecule has 5 aromatic rings. The van der Waals surface area contributed by atoms with Gasteiger partial charge in [-0.15, -0.1) is 10.2 Å². The van der Waals surface area contributed by atoms with Crippen LogP contribution in [0.1, 0.15) is 0 Å². The summed E-state index contributed by atoms with van der Waals surface area (Å²) in [5, 5.41) is 9.65. The van der Waals surface area contributed by atoms with Crippen molar-refractivity contribution in [2.75, 3.05) is 0 Å². The van der Waals surface area contributed by atoms with Crippen LogP contribution in [-0.4, -0.2) is 15.2 Å². The Kier molecular flexibility index (Phi) is 3.39. The largest absolute Gasteiger partial charge is 0.416 e. The Labute approximate surface area is 150 Å². The van der Waals surface area contributed by atoms with Crippen molar-refractivity contribution in [3.8, 4) is 34.2 Å². The number of H-pyrrole nitrogens is 1. The van der Waals surface area contributed by atoms with E-state index in [1.165, 1.54) is 0 Å². The third kappa shape index (κ3) is 2.40. The Morgan fingerprint density at radius 3 is 2.00 bits per heavy atom. The van der Waals surface area contributed by atoms with E-state index in [-0.39, 0.29) is 0 Å². The van der Waals surface area contributed by atoms with E-state index in [1.54, 1.807) is 0 Å². The molecule has 0 radical (unpaired) electrons. The first-order valence-electron chi connectivity index (χ1n) is 8.45. The van der Waals surface area contributed by atoms with E-state index in [4.69, 9.17) is 4.42 Å². The maximum atomic E-state index is 6.04. The van der Waals surface area contributed by atoms with Gasteiger partial charge in [0.25, 0.3) is 5.89 Å². The molecule has 0 aliphatic heterocycles. The lowest BCUT2D eigenvalue weighted by atomic mass is 10.1. The van der Waals surface area contributed by atoms with E-state index in [0.29, 0.717) is 11.8 Å². The molecule has 0 saturated carbocycles. The molecule has 0 bridgehead atoms. The van der Waals surface area contributed by atoms with Crippen LogP contribution < -0.4 is 0 Å². The molecule has 4 nitrogen and oxygen atoms in total. The predicted octanol–water partition coefficient (Wildman–Crippen LogP) is 5.55. The van der Waals surface area contributed by atoms with Gasteiger partial charge in [-0.1, -0.05) is 66.7 Å². The Bertz CT molecular complexity index is 1170. The average Bonchev–Trinajstić information content (AvgIpc) is 3.34. The van der Waals surface area contributed by atoms with Crippen molar-refractivity contribution in [3.05, 3.63) is 84.9 Å². The van der Waals surface area contributed by atoms with Crippen molar-refractivity contribution in [1.29, 1.82) is 0 Å². The number of hydrogen-bond acceptors (Lipinski definition) is 3. The van der Waals surface area contributed by atoms with Gasteiger partial charge in [0.2, 0.25) is 5.89 Å². The number of aromatic nitrogens is 3. The van der Waals surface area contributed by atoms with Gasteiger partial charge < -0.3 is 9.40 Å². The molecule has 0 spiro atoms. The molecule has 1 N–H and O–H groups in total. The van der Waals surface area contributed by atoms with Crippen molar-refractivity contribution < 1.29 is 4.42 Å². The SMILES string of the molecule is c1ccc(-c2nnc(-c3c(-c4ccccc4)[nH]c4ccccc34)o2)cc1. The van der Waals surface area contributed by atoms with Crippen LogP contribution in [0, 0.1) is 0 Å². The summed E-state index contributed by atoms with van der Waals surface area (Å²) in [6.07, 6.45) is 0. The summed E-state index contributed by atoms with van der Waals surface area (Å²) < 4.78 is 6.04. The molecular weight excluding hydrogens is 322 g/mol. The first kappa shape index (κ1) is 14.7. The number of aromatic amines is 1. The molecule has 124 valence electrons. The first-order valence-corrected chi connectivity index (χ1v) is 8.45. The van der Waals surface area contributed by atoms with Crippen molar-refractivity contribution in [3.63, 3.8) is 0 Å². The highest BCUT2D eigenvalue weighted by Crippen LogP contribution is 2.38. The van der Waals surface area contributed by atoms with Gasteiger partial charge >= 0.3 is 0 Å². The van der Waals surface area contributed by atoms with Crippen LogP contribution in [-0.2, 0) is 0 Å². The molecule has 3 aromatic carbocycles. The summed E-state index contributed by atoms with van der Waals surface area (Å²) in [6.45, 7) is 0. The summed E-state index contributed by atoms with van der Waals surface area (Å²) in [5.41, 5.74) is 4.95. The maximum Gasteiger partial charge on any atom is 0.250 e. The number of hydrogen-bond donors (Lipinski definition) is 1. The summed E-state index contributed by atoms with van der Waals surface area (Å²) >= 11 is 0. The monoisotopic (exact) mass is 337 g/mol. The Hall–Kier alpha value is -3.66. The van der Waals surface area contributed by atoms with E-state index in [1.807, 2.05) is 60.7 Å². The summed E-state index contributed by atoms with van der Waals surface area (Å²) in [4.78, 5) is 3.50. The van der Waals surface area contributed by atoms with Gasteiger partial charge in [-0.05, 0) is 23.8 Å². The Balaban J connectivity index is 1.73. The second-order valence-electron chi connectivity index (χ2n) is 6.07. The predicted molar refractivity (Wildman–Crippen MR) is 102 cm³/mol. The number of benzene rings is 3. The van der Waals surface area contributed by atoms with E-state index in [0.717, 1.165) is 33.3 Å². The lowest BCUT2D eigenvalue weighted by molar-refractivity contribution is 0.585. The highest BCUT2D eigenvalue weighted by molar-refractivity contribution is 6.01. The molecule has 5 rings (SSSR count). The Morgan fingerprint density at radius 1 is 0.615 bits per heavy atom. The lowest BCUT2D eigenvalue weighted by Gasteiger charge is -2.01. The summed E-state index contributed by atoms with van der Waals surface area (Å²) in [5.74, 6) is 1.03. The fourth-order valence-electron chi connectivity index (χ4n) is 3.21. The standard InChI is InChI=1S/C22H15N3O/c1-3-9-15(10-4-1)20-19(17-13-7-8-14-18(17)23-20)22-25-24-21(26-22)16-11-5-2-6-12-16/h1-14,23H. The minimum Gasteiger partial charge on any atom is -0.416 e. The molecule has 4 heteroatoms. The van der Waals surface area contributed by atoms with Crippen molar-refractivity contribution in [2.45, 2.75) is 0 Å². The smallest absolute Gasteiger partial charge is 0.250 e. The second-order valence-corrected chi connectivity index (χ2v) is 6.07. The Morgan fingerprint density at radius 2 is 1.23 bits per heavy atom. The van der Waals surface area contributed by atoms with Crippen LogP contribution in [0.4, 0.5) is 0 Å². The van der Waals surface area contributed by atoms with Crippen LogP contribution in [0.2, 0.25) is 0 Å². The summed E-state index contributed by atoms with van der Waals surface area (Å²) in [6, 6.07) is 28.2. The number of fused-ring (bicyclic) bond motifs is 1. The minimum absolute atomic E-state index is 0.514. The zero-order chi connectivity index (χ0) is 17.3. The van der Waals surface area contributed by atoms with Crippen LogP contribution in [0.3, 0.4) is 0 Å². The van der Waals surface area contributed by atoms with Gasteiger partial charge in [-0.25, -0.2) is 0 Å². The third-order valence-corrected chi connectivity index (χ3v) is 4.43. The molecule has 2 heterocycles. The van der Waals surface area contributed by atoms with Crippen LogP contribution in [0.15, 0.2) is 89.3 Å². The third-order valence-electron chi connectivity index (χ3n) is 4.43. The average molecular weight is 337 g/mol. The van der Waals surface area contributed by atoms with Gasteiger partial charge in [-0.2, -0.15) is 0 Å². The molecular formula is C22H15N3O. The van der Waals surface area contributed by atoms with E-state index >= 15 is 0 Å². The molecule has 0 saturated heterocycles. The van der Waals surface area contributed by atoms with E-state index in [2.05, 4.69) is 39.4 Å². The number of para-hydroxylation sites is 1. The first-order chi connectivity index (χ1) is 12.9. The van der Waals surface area contributed by atoms with Gasteiger partial charge in [0.05, 0.1) is 11.3 Å². The molecule has 0 aliphatic rings. The van der Waals surface area contributed by atoms with E-state index in [9.17, 15) is 0 Å². The quantitative estimate of drug-likeness (QED) is 0.469. The minimum atomic E-state index is 0.514. The summed E-state index contributed by atoms with van der Waals surface area (Å²) in [7, 11) is 0. The highest BCUT2D eigenvalue weighted by atomic mass is 16.4. The van der Waals surface area contributed by atoms with Crippen LogP contribution in [0.25, 0.3) is 45.1 Å². The zero-order valence-corrected chi connectivity index (χ0v) is 13.9. The molecule has 0 unspecified atom stereocenters. The van der Waals surface area contributed by atoms with Gasteiger partial charge in [0, 0.05) is 16.5 Å². The fraction of sp³-hybridized carbons (Fsp3) is 0. The second kappa shape index (κ2) is 6.01. The topological polar surface area (TPSA) is 54.7 Å². The number of nitrogens with zero attached hydrogens (tertiary/aromatic N) is 2. The maximum absolute atomic E-state index is 6.04. The fourth-order valence-corrected chi connectivity index (χ4v) is 3.21. The molecule has 0 amide bonds. The number of rotatable bonds is 3. The van der Waals surface area contributed by atoms with Gasteiger partial charge in [-0.3, -0.25) is 0 Å². The molecule has 0 atom stereocenters. The van der Waals surface area contributed by atoms with Crippen molar-refractivity contribution in [1.82, 2.24) is 15.2 Å². The molecule has 0 aliphatic carbocycles. The molecule has 0 fully saturated rings. The lowest BCUT2D eigenvalue weighted by Crippen LogP contribution is -1.82. The zero-order valence-electron chi connectivity index (χ0n) is 13.9. The van der Waals surface area contributed by atoms with Gasteiger partial charge in [0.15, 0.2) is 0 Å². The van der Waals surface area contributed by atoms with Crippen molar-refractivity contribution in [2.24, 2.45) is 0 Å². The van der Waals surface area contributed by atoms with Crippen molar-refractivity contribution >= 4 is 10.9 Å². The molecule has 26 heavy (non-hydrogen) atoms. The molecule has 2 aromatic heterocycles. The van der Waals surface area contributed by atoms with Crippen LogP contribution in [0.5, 0.6) is 0 Å². The normalized spacial score (nSPS) is 11.1. The number of nitrogens with one attached hydrogen (secondary N) is 1. The van der Waals surface area contributed by atoms with Crippen LogP contribution >= 0.6 is 0 Å². The van der Waals surface area contributed by atoms with Gasteiger partial charge in [0.1, 0.15) is 0 Å².